The number of hydrogen-bond donors (Lipinski definition) is 1. The number of fused-ring (bicyclic) bond motifs is 1. The number of halogens is 2. The average molecular weight is 295 g/mol. The second-order valence-corrected chi connectivity index (χ2v) is 4.61. The van der Waals surface area contributed by atoms with Gasteiger partial charge in [0.05, 0.1) is 27.3 Å². The summed E-state index contributed by atoms with van der Waals surface area (Å²) >= 11 is 3.14. The van der Waals surface area contributed by atoms with Crippen LogP contribution in [0, 0.1) is 12.7 Å². The van der Waals surface area contributed by atoms with Crippen LogP contribution in [0.4, 0.5) is 4.39 Å². The van der Waals surface area contributed by atoms with Crippen molar-refractivity contribution >= 4 is 27.0 Å². The molecule has 3 rings (SSSR count). The van der Waals surface area contributed by atoms with Crippen LogP contribution in [0.15, 0.2) is 33.4 Å². The van der Waals surface area contributed by atoms with E-state index in [4.69, 9.17) is 4.42 Å². The van der Waals surface area contributed by atoms with E-state index in [1.54, 1.807) is 12.3 Å². The van der Waals surface area contributed by atoms with Crippen LogP contribution in [0.25, 0.3) is 22.4 Å². The number of aryl methyl sites for hydroxylation is 1. The normalized spacial score (nSPS) is 11.2. The largest absolute Gasteiger partial charge is 0.469 e. The SMILES string of the molecule is Cc1occc1-c1nc2cc(Br)c(F)cc2[nH]1. The zero-order chi connectivity index (χ0) is 12.0. The summed E-state index contributed by atoms with van der Waals surface area (Å²) in [5.41, 5.74) is 2.27. The van der Waals surface area contributed by atoms with Gasteiger partial charge in [-0.05, 0) is 35.0 Å². The van der Waals surface area contributed by atoms with E-state index in [-0.39, 0.29) is 5.82 Å². The summed E-state index contributed by atoms with van der Waals surface area (Å²) in [5, 5.41) is 0. The Morgan fingerprint density at radius 3 is 2.94 bits per heavy atom. The zero-order valence-electron chi connectivity index (χ0n) is 8.92. The molecule has 1 N–H and O–H groups in total. The Hall–Kier alpha value is -1.62. The molecule has 0 unspecified atom stereocenters. The summed E-state index contributed by atoms with van der Waals surface area (Å²) in [6.45, 7) is 1.86. The zero-order valence-corrected chi connectivity index (χ0v) is 10.5. The van der Waals surface area contributed by atoms with Crippen molar-refractivity contribution in [3.8, 4) is 11.4 Å². The third-order valence-corrected chi connectivity index (χ3v) is 3.25. The number of aromatic nitrogens is 2. The first kappa shape index (κ1) is 10.5. The first-order chi connectivity index (χ1) is 8.15. The number of nitrogens with one attached hydrogen (secondary N) is 1. The van der Waals surface area contributed by atoms with Crippen LogP contribution in [0.1, 0.15) is 5.76 Å². The Labute approximate surface area is 105 Å². The lowest BCUT2D eigenvalue weighted by molar-refractivity contribution is 0.535. The van der Waals surface area contributed by atoms with Crippen molar-refractivity contribution in [2.45, 2.75) is 6.92 Å². The number of H-pyrrole nitrogens is 1. The number of aromatic amines is 1. The standard InChI is InChI=1S/C12H8BrFN2O/c1-6-7(2-3-17-6)12-15-10-4-8(13)9(14)5-11(10)16-12/h2-5H,1H3,(H,15,16). The fourth-order valence-corrected chi connectivity index (χ4v) is 2.09. The van der Waals surface area contributed by atoms with Gasteiger partial charge >= 0.3 is 0 Å². The Morgan fingerprint density at radius 2 is 2.24 bits per heavy atom. The van der Waals surface area contributed by atoms with Crippen LogP contribution in [0.3, 0.4) is 0 Å². The van der Waals surface area contributed by atoms with E-state index >= 15 is 0 Å². The second kappa shape index (κ2) is 3.70. The Morgan fingerprint density at radius 1 is 1.41 bits per heavy atom. The van der Waals surface area contributed by atoms with Crippen molar-refractivity contribution in [2.75, 3.05) is 0 Å². The maximum absolute atomic E-state index is 13.4. The van der Waals surface area contributed by atoms with Gasteiger partial charge in [0.25, 0.3) is 0 Å². The molecule has 0 bridgehead atoms. The van der Waals surface area contributed by atoms with E-state index in [2.05, 4.69) is 25.9 Å². The summed E-state index contributed by atoms with van der Waals surface area (Å²) in [4.78, 5) is 7.48. The van der Waals surface area contributed by atoms with Crippen molar-refractivity contribution in [3.05, 3.63) is 40.5 Å². The Bertz CT molecular complexity index is 663. The van der Waals surface area contributed by atoms with E-state index in [1.165, 1.54) is 6.07 Å². The Kier molecular flexibility index (Phi) is 2.29. The molecule has 0 saturated carbocycles. The van der Waals surface area contributed by atoms with Gasteiger partial charge in [0.2, 0.25) is 0 Å². The van der Waals surface area contributed by atoms with Crippen LogP contribution in [-0.4, -0.2) is 9.97 Å². The lowest BCUT2D eigenvalue weighted by Crippen LogP contribution is -1.78. The van der Waals surface area contributed by atoms with Gasteiger partial charge in [0, 0.05) is 6.07 Å². The van der Waals surface area contributed by atoms with Crippen molar-refractivity contribution in [2.24, 2.45) is 0 Å². The number of rotatable bonds is 1. The maximum Gasteiger partial charge on any atom is 0.142 e. The average Bonchev–Trinajstić information content (AvgIpc) is 2.85. The van der Waals surface area contributed by atoms with Crippen LogP contribution in [-0.2, 0) is 0 Å². The Balaban J connectivity index is 2.24. The molecule has 17 heavy (non-hydrogen) atoms. The van der Waals surface area contributed by atoms with Gasteiger partial charge in [-0.1, -0.05) is 0 Å². The minimum atomic E-state index is -0.309. The van der Waals surface area contributed by atoms with E-state index in [9.17, 15) is 4.39 Å². The van der Waals surface area contributed by atoms with Crippen molar-refractivity contribution < 1.29 is 8.81 Å². The maximum atomic E-state index is 13.4. The van der Waals surface area contributed by atoms with Crippen LogP contribution in [0.5, 0.6) is 0 Å². The monoisotopic (exact) mass is 294 g/mol. The second-order valence-electron chi connectivity index (χ2n) is 3.76. The minimum absolute atomic E-state index is 0.309. The minimum Gasteiger partial charge on any atom is -0.469 e. The van der Waals surface area contributed by atoms with Gasteiger partial charge in [-0.2, -0.15) is 0 Å². The first-order valence-corrected chi connectivity index (χ1v) is 5.83. The number of hydrogen-bond acceptors (Lipinski definition) is 2. The third kappa shape index (κ3) is 1.67. The smallest absolute Gasteiger partial charge is 0.142 e. The summed E-state index contributed by atoms with van der Waals surface area (Å²) in [5.74, 6) is 1.16. The summed E-state index contributed by atoms with van der Waals surface area (Å²) in [7, 11) is 0. The number of benzene rings is 1. The van der Waals surface area contributed by atoms with Gasteiger partial charge in [-0.25, -0.2) is 9.37 Å². The van der Waals surface area contributed by atoms with Gasteiger partial charge < -0.3 is 9.40 Å². The van der Waals surface area contributed by atoms with E-state index in [0.29, 0.717) is 21.3 Å². The molecule has 5 heteroatoms. The van der Waals surface area contributed by atoms with Gasteiger partial charge in [0.1, 0.15) is 17.4 Å². The highest BCUT2D eigenvalue weighted by atomic mass is 79.9. The van der Waals surface area contributed by atoms with E-state index in [0.717, 1.165) is 11.3 Å². The molecule has 2 heterocycles. The molecule has 0 saturated heterocycles. The molecule has 0 aliphatic rings. The van der Waals surface area contributed by atoms with Gasteiger partial charge in [-0.15, -0.1) is 0 Å². The van der Waals surface area contributed by atoms with Gasteiger partial charge in [-0.3, -0.25) is 0 Å². The predicted octanol–water partition coefficient (Wildman–Crippen LogP) is 4.03. The highest BCUT2D eigenvalue weighted by Gasteiger charge is 2.11. The summed E-state index contributed by atoms with van der Waals surface area (Å²) < 4.78 is 19.0. The topological polar surface area (TPSA) is 41.8 Å². The third-order valence-electron chi connectivity index (χ3n) is 2.64. The van der Waals surface area contributed by atoms with Gasteiger partial charge in [0.15, 0.2) is 0 Å². The molecule has 0 fully saturated rings. The highest BCUT2D eigenvalue weighted by Crippen LogP contribution is 2.27. The molecular formula is C12H8BrFN2O. The molecular weight excluding hydrogens is 287 g/mol. The van der Waals surface area contributed by atoms with Crippen molar-refractivity contribution in [3.63, 3.8) is 0 Å². The molecule has 3 nitrogen and oxygen atoms in total. The lowest BCUT2D eigenvalue weighted by Gasteiger charge is -1.92. The molecule has 0 amide bonds. The lowest BCUT2D eigenvalue weighted by atomic mass is 10.2. The summed E-state index contributed by atoms with van der Waals surface area (Å²) in [6.07, 6.45) is 1.61. The molecule has 3 aromatic rings. The fraction of sp³-hybridized carbons (Fsp3) is 0.0833. The fourth-order valence-electron chi connectivity index (χ4n) is 1.76. The number of nitrogens with zero attached hydrogens (tertiary/aromatic N) is 1. The summed E-state index contributed by atoms with van der Waals surface area (Å²) in [6, 6.07) is 4.91. The predicted molar refractivity (Wildman–Crippen MR) is 66.2 cm³/mol. The quantitative estimate of drug-likeness (QED) is 0.736. The molecule has 0 aliphatic heterocycles. The highest BCUT2D eigenvalue weighted by molar-refractivity contribution is 9.10. The molecule has 0 radical (unpaired) electrons. The molecule has 0 spiro atoms. The molecule has 0 atom stereocenters. The van der Waals surface area contributed by atoms with Crippen LogP contribution >= 0.6 is 15.9 Å². The molecule has 86 valence electrons. The molecule has 2 aromatic heterocycles. The van der Waals surface area contributed by atoms with Crippen molar-refractivity contribution in [1.29, 1.82) is 0 Å². The molecule has 0 aliphatic carbocycles. The number of furan rings is 1. The first-order valence-electron chi connectivity index (χ1n) is 5.04. The number of imidazole rings is 1. The van der Waals surface area contributed by atoms with Crippen LogP contribution in [0.2, 0.25) is 0 Å². The van der Waals surface area contributed by atoms with E-state index < -0.39 is 0 Å². The van der Waals surface area contributed by atoms with Crippen LogP contribution < -0.4 is 0 Å². The molecule has 1 aromatic carbocycles. The van der Waals surface area contributed by atoms with Crippen molar-refractivity contribution in [1.82, 2.24) is 9.97 Å². The van der Waals surface area contributed by atoms with E-state index in [1.807, 2.05) is 13.0 Å².